The highest BCUT2D eigenvalue weighted by Crippen LogP contribution is 2.45. The minimum Gasteiger partial charge on any atom is -0.505 e. The number of aromatic hydroxyl groups is 1. The molecule has 2 aliphatic heterocycles. The maximum absolute atomic E-state index is 12.8. The SMILES string of the molecule is COC(=O)/C(=N\N(C)c1cc2c3c(c1O)CCCN3CCC2)c1ccc2ccccc2[n+]1C. The molecule has 0 saturated heterocycles. The number of hydrogen-bond acceptors (Lipinski definition) is 6. The van der Waals surface area contributed by atoms with E-state index in [1.807, 2.05) is 54.1 Å². The van der Waals surface area contributed by atoms with Crippen LogP contribution in [-0.4, -0.2) is 44.0 Å². The summed E-state index contributed by atoms with van der Waals surface area (Å²) < 4.78 is 7.02. The summed E-state index contributed by atoms with van der Waals surface area (Å²) in [6.07, 6.45) is 3.95. The van der Waals surface area contributed by atoms with E-state index in [1.54, 1.807) is 12.1 Å². The number of benzene rings is 2. The number of para-hydroxylation sites is 1. The number of rotatable bonds is 4. The second-order valence-electron chi connectivity index (χ2n) is 8.72. The summed E-state index contributed by atoms with van der Waals surface area (Å²) in [5, 5.41) is 18.5. The van der Waals surface area contributed by atoms with E-state index in [0.717, 1.165) is 55.2 Å². The van der Waals surface area contributed by atoms with Crippen molar-refractivity contribution in [2.45, 2.75) is 25.7 Å². The number of pyridine rings is 1. The van der Waals surface area contributed by atoms with Crippen molar-refractivity contribution in [3.63, 3.8) is 0 Å². The van der Waals surface area contributed by atoms with Crippen LogP contribution in [0.15, 0.2) is 47.6 Å². The first-order valence-corrected chi connectivity index (χ1v) is 11.4. The van der Waals surface area contributed by atoms with Gasteiger partial charge >= 0.3 is 5.97 Å². The zero-order chi connectivity index (χ0) is 23.1. The van der Waals surface area contributed by atoms with Gasteiger partial charge in [0.15, 0.2) is 0 Å². The summed E-state index contributed by atoms with van der Waals surface area (Å²) in [5.41, 5.74) is 5.83. The number of hydrogen-bond donors (Lipinski definition) is 1. The van der Waals surface area contributed by atoms with Crippen LogP contribution in [0.1, 0.15) is 29.7 Å². The number of carbonyl (C=O) groups is 1. The van der Waals surface area contributed by atoms with E-state index >= 15 is 0 Å². The maximum atomic E-state index is 12.8. The van der Waals surface area contributed by atoms with Crippen LogP contribution in [0.3, 0.4) is 0 Å². The predicted octanol–water partition coefficient (Wildman–Crippen LogP) is 3.08. The quantitative estimate of drug-likeness (QED) is 0.289. The first-order chi connectivity index (χ1) is 16.0. The molecule has 0 atom stereocenters. The fraction of sp³-hybridized carbons (Fsp3) is 0.346. The number of anilines is 2. The standard InChI is InChI=1S/C26H28N4O3/c1-28-20-11-5-4-8-17(20)12-13-21(28)23(26(32)33-3)27-29(2)22-16-18-9-6-14-30-15-7-10-19(24(18)30)25(22)31/h4-5,8,11-13,16H,6-7,9-10,14-15H2,1-3H3/p+1. The lowest BCUT2D eigenvalue weighted by molar-refractivity contribution is -0.646. The van der Waals surface area contributed by atoms with E-state index in [0.29, 0.717) is 11.4 Å². The fourth-order valence-electron chi connectivity index (χ4n) is 5.15. The Balaban J connectivity index is 1.62. The molecular formula is C26H29N4O3+. The first-order valence-electron chi connectivity index (χ1n) is 11.4. The Labute approximate surface area is 193 Å². The van der Waals surface area contributed by atoms with E-state index in [9.17, 15) is 9.90 Å². The van der Waals surface area contributed by atoms with Gasteiger partial charge in [-0.15, -0.1) is 0 Å². The molecule has 7 nitrogen and oxygen atoms in total. The second kappa shape index (κ2) is 8.39. The molecule has 0 fully saturated rings. The molecule has 7 heteroatoms. The minimum atomic E-state index is -0.530. The van der Waals surface area contributed by atoms with Crippen molar-refractivity contribution in [1.82, 2.24) is 0 Å². The Morgan fingerprint density at radius 1 is 1.15 bits per heavy atom. The van der Waals surface area contributed by atoms with Gasteiger partial charge in [0.1, 0.15) is 18.5 Å². The van der Waals surface area contributed by atoms with E-state index in [-0.39, 0.29) is 11.5 Å². The van der Waals surface area contributed by atoms with E-state index in [4.69, 9.17) is 4.74 Å². The van der Waals surface area contributed by atoms with Crippen LogP contribution in [0.2, 0.25) is 0 Å². The van der Waals surface area contributed by atoms with Gasteiger partial charge < -0.3 is 14.7 Å². The molecular weight excluding hydrogens is 416 g/mol. The number of ether oxygens (including phenoxy) is 1. The van der Waals surface area contributed by atoms with Crippen molar-refractivity contribution < 1.29 is 19.2 Å². The van der Waals surface area contributed by atoms with Crippen LogP contribution in [0, 0.1) is 0 Å². The smallest absolute Gasteiger partial charge is 0.365 e. The summed E-state index contributed by atoms with van der Waals surface area (Å²) in [6, 6.07) is 13.8. The maximum Gasteiger partial charge on any atom is 0.365 e. The Bertz CT molecular complexity index is 1280. The number of phenolic OH excluding ortho intramolecular Hbond substituents is 1. The van der Waals surface area contributed by atoms with Gasteiger partial charge in [0.2, 0.25) is 16.9 Å². The van der Waals surface area contributed by atoms with Crippen molar-refractivity contribution >= 4 is 34.0 Å². The van der Waals surface area contributed by atoms with Gasteiger partial charge in [0.05, 0.1) is 7.11 Å². The Kier molecular flexibility index (Phi) is 5.40. The summed E-state index contributed by atoms with van der Waals surface area (Å²) in [5.74, 6) is -0.281. The van der Waals surface area contributed by atoms with Crippen molar-refractivity contribution in [3.8, 4) is 5.75 Å². The first kappa shape index (κ1) is 21.2. The molecule has 5 rings (SSSR count). The molecule has 2 aliphatic rings. The van der Waals surface area contributed by atoms with Crippen molar-refractivity contribution in [3.05, 3.63) is 59.3 Å². The summed E-state index contributed by atoms with van der Waals surface area (Å²) >= 11 is 0. The average molecular weight is 446 g/mol. The largest absolute Gasteiger partial charge is 0.505 e. The number of fused-ring (bicyclic) bond motifs is 1. The van der Waals surface area contributed by atoms with E-state index in [2.05, 4.69) is 10.0 Å². The zero-order valence-electron chi connectivity index (χ0n) is 19.3. The highest BCUT2D eigenvalue weighted by molar-refractivity contribution is 6.42. The van der Waals surface area contributed by atoms with Crippen molar-refractivity contribution in [2.75, 3.05) is 37.2 Å². The van der Waals surface area contributed by atoms with Crippen molar-refractivity contribution in [1.29, 1.82) is 0 Å². The number of esters is 1. The molecule has 0 unspecified atom stereocenters. The molecule has 3 aromatic rings. The molecule has 0 amide bonds. The third-order valence-corrected chi connectivity index (χ3v) is 6.77. The number of methoxy groups -OCH3 is 1. The third-order valence-electron chi connectivity index (χ3n) is 6.77. The molecule has 0 aliphatic carbocycles. The number of nitrogens with zero attached hydrogens (tertiary/aromatic N) is 4. The summed E-state index contributed by atoms with van der Waals surface area (Å²) in [4.78, 5) is 15.2. The van der Waals surface area contributed by atoms with Gasteiger partial charge in [0.25, 0.3) is 0 Å². The molecule has 1 N–H and O–H groups in total. The number of carbonyl (C=O) groups excluding carboxylic acids is 1. The summed E-state index contributed by atoms with van der Waals surface area (Å²) in [6.45, 7) is 2.08. The Morgan fingerprint density at radius 2 is 1.91 bits per heavy atom. The molecule has 1 aromatic heterocycles. The topological polar surface area (TPSA) is 69.2 Å². The molecule has 170 valence electrons. The number of hydrazone groups is 1. The normalized spacial score (nSPS) is 15.4. The monoisotopic (exact) mass is 445 g/mol. The van der Waals surface area contributed by atoms with Gasteiger partial charge in [0, 0.05) is 48.9 Å². The second-order valence-corrected chi connectivity index (χ2v) is 8.72. The van der Waals surface area contributed by atoms with Crippen LogP contribution in [-0.2, 0) is 29.4 Å². The predicted molar refractivity (Wildman–Crippen MR) is 129 cm³/mol. The number of aromatic nitrogens is 1. The van der Waals surface area contributed by atoms with Crippen LogP contribution >= 0.6 is 0 Å². The van der Waals surface area contributed by atoms with E-state index < -0.39 is 5.97 Å². The molecule has 3 heterocycles. The number of aryl methyl sites for hydroxylation is 2. The van der Waals surface area contributed by atoms with Crippen molar-refractivity contribution in [2.24, 2.45) is 12.1 Å². The minimum absolute atomic E-state index is 0.181. The van der Waals surface area contributed by atoms with Gasteiger partial charge in [-0.25, -0.2) is 4.79 Å². The lowest BCUT2D eigenvalue weighted by atomic mass is 9.90. The Morgan fingerprint density at radius 3 is 2.70 bits per heavy atom. The number of phenols is 1. The average Bonchev–Trinajstić information content (AvgIpc) is 2.85. The van der Waals surface area contributed by atoms with Crippen LogP contribution < -0.4 is 14.5 Å². The highest BCUT2D eigenvalue weighted by atomic mass is 16.5. The third kappa shape index (κ3) is 3.57. The molecule has 0 bridgehead atoms. The molecule has 2 aromatic carbocycles. The molecule has 33 heavy (non-hydrogen) atoms. The lowest BCUT2D eigenvalue weighted by Crippen LogP contribution is -2.40. The van der Waals surface area contributed by atoms with Crippen LogP contribution in [0.4, 0.5) is 11.4 Å². The van der Waals surface area contributed by atoms with Crippen LogP contribution in [0.5, 0.6) is 5.75 Å². The van der Waals surface area contributed by atoms with Gasteiger partial charge in [-0.3, -0.25) is 5.01 Å². The molecule has 0 spiro atoms. The van der Waals surface area contributed by atoms with E-state index in [1.165, 1.54) is 18.4 Å². The highest BCUT2D eigenvalue weighted by Gasteiger charge is 2.30. The van der Waals surface area contributed by atoms with Gasteiger partial charge in [-0.2, -0.15) is 9.67 Å². The van der Waals surface area contributed by atoms with Crippen LogP contribution in [0.25, 0.3) is 10.9 Å². The van der Waals surface area contributed by atoms with Gasteiger partial charge in [-0.05, 0) is 49.4 Å². The van der Waals surface area contributed by atoms with Gasteiger partial charge in [-0.1, -0.05) is 12.1 Å². The molecule has 0 saturated carbocycles. The summed E-state index contributed by atoms with van der Waals surface area (Å²) in [7, 11) is 5.03. The fourth-order valence-corrected chi connectivity index (χ4v) is 5.15. The Hall–Kier alpha value is -3.61. The lowest BCUT2D eigenvalue weighted by Gasteiger charge is -2.38. The molecule has 0 radical (unpaired) electrons. The zero-order valence-corrected chi connectivity index (χ0v) is 19.3.